The molecule has 2 aromatic carbocycles. The molecule has 1 heterocycles. The summed E-state index contributed by atoms with van der Waals surface area (Å²) in [6, 6.07) is 10.1. The van der Waals surface area contributed by atoms with Crippen LogP contribution in [0.1, 0.15) is 19.8 Å². The summed E-state index contributed by atoms with van der Waals surface area (Å²) in [7, 11) is -7.44. The standard InChI is InChI=1S/C22H28FN3O6S2/c1-17(26(33(2,28)29)21-8-4-3-7-20(21)23)22(27)24-13-16-32-18-9-11-19(12-10-18)34(30,31)25-14-5-6-15-25/h3-4,7-12,17H,5-6,13-16H2,1-2H3,(H,24,27)/t17-/m0/s1. The number of benzene rings is 2. The minimum atomic E-state index is -3.93. The summed E-state index contributed by atoms with van der Waals surface area (Å²) in [6.07, 6.45) is 2.61. The molecule has 34 heavy (non-hydrogen) atoms. The van der Waals surface area contributed by atoms with Gasteiger partial charge in [-0.3, -0.25) is 9.10 Å². The van der Waals surface area contributed by atoms with Crippen LogP contribution in [0.15, 0.2) is 53.4 Å². The lowest BCUT2D eigenvalue weighted by atomic mass is 10.2. The topological polar surface area (TPSA) is 113 Å². The molecular weight excluding hydrogens is 485 g/mol. The van der Waals surface area contributed by atoms with Crippen molar-refractivity contribution in [3.05, 3.63) is 54.3 Å². The number of rotatable bonds is 10. The van der Waals surface area contributed by atoms with Gasteiger partial charge in [0.25, 0.3) is 0 Å². The van der Waals surface area contributed by atoms with Gasteiger partial charge in [0.15, 0.2) is 0 Å². The molecule has 1 atom stereocenters. The van der Waals surface area contributed by atoms with Crippen LogP contribution in [0.4, 0.5) is 10.1 Å². The number of ether oxygens (including phenoxy) is 1. The number of nitrogens with one attached hydrogen (secondary N) is 1. The number of nitrogens with zero attached hydrogens (tertiary/aromatic N) is 2. The van der Waals surface area contributed by atoms with Crippen molar-refractivity contribution in [2.75, 3.05) is 36.8 Å². The van der Waals surface area contributed by atoms with E-state index in [2.05, 4.69) is 5.32 Å². The average molecular weight is 514 g/mol. The third-order valence-corrected chi connectivity index (χ3v) is 8.52. The van der Waals surface area contributed by atoms with E-state index >= 15 is 0 Å². The highest BCUT2D eigenvalue weighted by Crippen LogP contribution is 2.24. The van der Waals surface area contributed by atoms with Crippen LogP contribution >= 0.6 is 0 Å². The quantitative estimate of drug-likeness (QED) is 0.486. The fourth-order valence-corrected chi connectivity index (χ4v) is 6.38. The Kier molecular flexibility index (Phi) is 8.16. The second kappa shape index (κ2) is 10.7. The van der Waals surface area contributed by atoms with Crippen LogP contribution in [0.2, 0.25) is 0 Å². The molecule has 0 spiro atoms. The van der Waals surface area contributed by atoms with E-state index in [1.165, 1.54) is 53.7 Å². The van der Waals surface area contributed by atoms with E-state index in [1.54, 1.807) is 0 Å². The van der Waals surface area contributed by atoms with Crippen molar-refractivity contribution in [3.63, 3.8) is 0 Å². The van der Waals surface area contributed by atoms with Crippen LogP contribution in [0.25, 0.3) is 0 Å². The van der Waals surface area contributed by atoms with E-state index in [1.807, 2.05) is 0 Å². The van der Waals surface area contributed by atoms with E-state index < -0.39 is 37.8 Å². The number of para-hydroxylation sites is 1. The molecule has 186 valence electrons. The molecule has 1 aliphatic rings. The van der Waals surface area contributed by atoms with Crippen LogP contribution in [0, 0.1) is 5.82 Å². The van der Waals surface area contributed by atoms with Gasteiger partial charge in [0.05, 0.1) is 23.4 Å². The molecule has 0 saturated carbocycles. The Balaban J connectivity index is 1.55. The molecule has 2 aromatic rings. The van der Waals surface area contributed by atoms with Crippen LogP contribution in [-0.4, -0.2) is 65.6 Å². The van der Waals surface area contributed by atoms with Crippen molar-refractivity contribution in [1.29, 1.82) is 0 Å². The second-order valence-electron chi connectivity index (χ2n) is 7.91. The van der Waals surface area contributed by atoms with Crippen LogP contribution < -0.4 is 14.4 Å². The number of carbonyl (C=O) groups excluding carboxylic acids is 1. The van der Waals surface area contributed by atoms with E-state index in [0.29, 0.717) is 18.8 Å². The zero-order chi connectivity index (χ0) is 24.9. The summed E-state index contributed by atoms with van der Waals surface area (Å²) >= 11 is 0. The van der Waals surface area contributed by atoms with Gasteiger partial charge in [-0.1, -0.05) is 12.1 Å². The molecule has 1 aliphatic heterocycles. The number of hydrogen-bond acceptors (Lipinski definition) is 6. The van der Waals surface area contributed by atoms with Gasteiger partial charge < -0.3 is 10.1 Å². The first-order valence-electron chi connectivity index (χ1n) is 10.8. The largest absolute Gasteiger partial charge is 0.492 e. The highest BCUT2D eigenvalue weighted by Gasteiger charge is 2.31. The molecule has 0 aromatic heterocycles. The maximum atomic E-state index is 14.2. The van der Waals surface area contributed by atoms with E-state index in [4.69, 9.17) is 4.74 Å². The summed E-state index contributed by atoms with van der Waals surface area (Å²) in [6.45, 7) is 2.53. The average Bonchev–Trinajstić information content (AvgIpc) is 3.33. The summed E-state index contributed by atoms with van der Waals surface area (Å²) < 4.78 is 71.5. The fraction of sp³-hybridized carbons (Fsp3) is 0.409. The Labute approximate surface area is 199 Å². The summed E-state index contributed by atoms with van der Waals surface area (Å²) in [5.41, 5.74) is -0.215. The number of carbonyl (C=O) groups is 1. The molecule has 0 bridgehead atoms. The van der Waals surface area contributed by atoms with Gasteiger partial charge in [-0.15, -0.1) is 0 Å². The summed E-state index contributed by atoms with van der Waals surface area (Å²) in [5, 5.41) is 2.57. The Morgan fingerprint density at radius 1 is 1.09 bits per heavy atom. The molecule has 9 nitrogen and oxygen atoms in total. The number of hydrogen-bond donors (Lipinski definition) is 1. The lowest BCUT2D eigenvalue weighted by molar-refractivity contribution is -0.121. The zero-order valence-corrected chi connectivity index (χ0v) is 20.6. The maximum Gasteiger partial charge on any atom is 0.243 e. The van der Waals surface area contributed by atoms with Crippen LogP contribution in [0.3, 0.4) is 0 Å². The number of halogens is 1. The summed E-state index contributed by atoms with van der Waals surface area (Å²) in [4.78, 5) is 12.7. The second-order valence-corrected chi connectivity index (χ2v) is 11.7. The third kappa shape index (κ3) is 6.05. The van der Waals surface area contributed by atoms with Crippen molar-refractivity contribution >= 4 is 31.6 Å². The van der Waals surface area contributed by atoms with Crippen molar-refractivity contribution in [2.24, 2.45) is 0 Å². The van der Waals surface area contributed by atoms with E-state index in [9.17, 15) is 26.0 Å². The number of anilines is 1. The first-order chi connectivity index (χ1) is 16.0. The van der Waals surface area contributed by atoms with Gasteiger partial charge in [0.1, 0.15) is 24.2 Å². The molecule has 1 N–H and O–H groups in total. The summed E-state index contributed by atoms with van der Waals surface area (Å²) in [5.74, 6) is -0.956. The third-order valence-electron chi connectivity index (χ3n) is 5.37. The van der Waals surface area contributed by atoms with Gasteiger partial charge in [0.2, 0.25) is 26.0 Å². The van der Waals surface area contributed by atoms with Crippen molar-refractivity contribution < 1.29 is 30.8 Å². The van der Waals surface area contributed by atoms with Gasteiger partial charge in [-0.05, 0) is 56.2 Å². The van der Waals surface area contributed by atoms with Crippen molar-refractivity contribution in [2.45, 2.75) is 30.7 Å². The predicted octanol–water partition coefficient (Wildman–Crippen LogP) is 1.96. The van der Waals surface area contributed by atoms with Crippen LogP contribution in [-0.2, 0) is 24.8 Å². The van der Waals surface area contributed by atoms with Gasteiger partial charge >= 0.3 is 0 Å². The van der Waals surface area contributed by atoms with Gasteiger partial charge in [-0.25, -0.2) is 21.2 Å². The minimum Gasteiger partial charge on any atom is -0.492 e. The molecule has 0 radical (unpaired) electrons. The highest BCUT2D eigenvalue weighted by atomic mass is 32.2. The van der Waals surface area contributed by atoms with Crippen molar-refractivity contribution in [3.8, 4) is 5.75 Å². The Morgan fingerprint density at radius 3 is 2.29 bits per heavy atom. The van der Waals surface area contributed by atoms with Crippen LogP contribution in [0.5, 0.6) is 5.75 Å². The predicted molar refractivity (Wildman–Crippen MR) is 126 cm³/mol. The van der Waals surface area contributed by atoms with Gasteiger partial charge in [0, 0.05) is 13.1 Å². The molecular formula is C22H28FN3O6S2. The first kappa shape index (κ1) is 25.9. The SMILES string of the molecule is C[C@@H](C(=O)NCCOc1ccc(S(=O)(=O)N2CCCC2)cc1)N(c1ccccc1F)S(C)(=O)=O. The van der Waals surface area contributed by atoms with E-state index in [-0.39, 0.29) is 23.7 Å². The molecule has 0 aliphatic carbocycles. The maximum absolute atomic E-state index is 14.2. The Bertz CT molecular complexity index is 1210. The highest BCUT2D eigenvalue weighted by molar-refractivity contribution is 7.92. The lowest BCUT2D eigenvalue weighted by Crippen LogP contribution is -2.48. The molecule has 0 unspecified atom stereocenters. The lowest BCUT2D eigenvalue weighted by Gasteiger charge is -2.28. The Morgan fingerprint density at radius 2 is 1.71 bits per heavy atom. The van der Waals surface area contributed by atoms with E-state index in [0.717, 1.165) is 29.5 Å². The molecule has 1 fully saturated rings. The molecule has 12 heteroatoms. The molecule has 3 rings (SSSR count). The number of sulfonamides is 2. The molecule has 1 saturated heterocycles. The smallest absolute Gasteiger partial charge is 0.243 e. The minimum absolute atomic E-state index is 0.0614. The monoisotopic (exact) mass is 513 g/mol. The zero-order valence-electron chi connectivity index (χ0n) is 19.0. The van der Waals surface area contributed by atoms with Crippen molar-refractivity contribution in [1.82, 2.24) is 9.62 Å². The molecule has 1 amide bonds. The first-order valence-corrected chi connectivity index (χ1v) is 14.1. The fourth-order valence-electron chi connectivity index (χ4n) is 3.69. The van der Waals surface area contributed by atoms with Gasteiger partial charge in [-0.2, -0.15) is 4.31 Å². The normalized spacial score (nSPS) is 15.6. The number of amides is 1. The Hall–Kier alpha value is -2.70.